The predicted octanol–water partition coefficient (Wildman–Crippen LogP) is 8.51. The lowest BCUT2D eigenvalue weighted by Gasteiger charge is -2.16. The van der Waals surface area contributed by atoms with Crippen LogP contribution in [0.15, 0.2) is 108 Å². The average molecular weight is 562 g/mol. The third kappa shape index (κ3) is 6.20. The van der Waals surface area contributed by atoms with Gasteiger partial charge in [-0.05, 0) is 66.1 Å². The quantitative estimate of drug-likeness (QED) is 0.143. The van der Waals surface area contributed by atoms with E-state index in [1.54, 1.807) is 14.2 Å². The van der Waals surface area contributed by atoms with E-state index < -0.39 is 0 Å². The Morgan fingerprint density at radius 3 is 1.88 bits per heavy atom. The normalized spacial score (nSPS) is 11.3. The van der Waals surface area contributed by atoms with E-state index in [0.717, 1.165) is 33.0 Å². The number of hydrogen-bond donors (Lipinski definition) is 0. The molecule has 5 aromatic rings. The monoisotopic (exact) mass is 561 g/mol. The van der Waals surface area contributed by atoms with E-state index in [-0.39, 0.29) is 6.04 Å². The van der Waals surface area contributed by atoms with E-state index in [4.69, 9.17) is 29.2 Å². The molecule has 0 fully saturated rings. The third-order valence-electron chi connectivity index (χ3n) is 6.97. The molecule has 214 valence electrons. The van der Waals surface area contributed by atoms with Crippen LogP contribution in [-0.4, -0.2) is 32.4 Å². The Kier molecular flexibility index (Phi) is 9.29. The molecule has 5 rings (SSSR count). The summed E-state index contributed by atoms with van der Waals surface area (Å²) in [5.41, 5.74) is 4.81. The van der Waals surface area contributed by atoms with Gasteiger partial charge in [0.1, 0.15) is 17.5 Å². The van der Waals surface area contributed by atoms with Gasteiger partial charge < -0.3 is 18.9 Å². The maximum Gasteiger partial charge on any atom is 0.203 e. The number of methoxy groups -OCH3 is 2. The fourth-order valence-corrected chi connectivity index (χ4v) is 5.04. The highest BCUT2D eigenvalue weighted by atomic mass is 16.5. The molecule has 0 spiro atoms. The van der Waals surface area contributed by atoms with Crippen LogP contribution < -0.4 is 18.9 Å². The summed E-state index contributed by atoms with van der Waals surface area (Å²) in [5.74, 6) is 2.51. The van der Waals surface area contributed by atoms with Crippen LogP contribution >= 0.6 is 0 Å². The van der Waals surface area contributed by atoms with Crippen molar-refractivity contribution in [3.63, 3.8) is 0 Å². The molecule has 4 aromatic carbocycles. The molecule has 7 nitrogen and oxygen atoms in total. The van der Waals surface area contributed by atoms with Crippen LogP contribution in [0, 0.1) is 0 Å². The highest BCUT2D eigenvalue weighted by Crippen LogP contribution is 2.41. The maximum atomic E-state index is 6.02. The van der Waals surface area contributed by atoms with Gasteiger partial charge in [0.15, 0.2) is 11.5 Å². The summed E-state index contributed by atoms with van der Waals surface area (Å²) in [5, 5.41) is 11.6. The number of rotatable bonds is 12. The van der Waals surface area contributed by atoms with Crippen LogP contribution in [0.1, 0.15) is 42.1 Å². The second-order valence-electron chi connectivity index (χ2n) is 9.62. The smallest absolute Gasteiger partial charge is 0.203 e. The second-order valence-corrected chi connectivity index (χ2v) is 9.62. The first kappa shape index (κ1) is 28.6. The molecule has 0 saturated carbocycles. The van der Waals surface area contributed by atoms with Gasteiger partial charge >= 0.3 is 0 Å². The number of pyridine rings is 1. The van der Waals surface area contributed by atoms with Gasteiger partial charge in [-0.25, -0.2) is 0 Å². The summed E-state index contributed by atoms with van der Waals surface area (Å²) >= 11 is 0. The number of fused-ring (bicyclic) bond motifs is 1. The molecule has 0 N–H and O–H groups in total. The molecule has 0 unspecified atom stereocenters. The first-order chi connectivity index (χ1) is 20.7. The van der Waals surface area contributed by atoms with Crippen molar-refractivity contribution in [3.8, 4) is 23.0 Å². The number of nitrogens with zero attached hydrogens (tertiary/aromatic N) is 3. The zero-order valence-electron chi connectivity index (χ0n) is 24.4. The van der Waals surface area contributed by atoms with Gasteiger partial charge in [-0.1, -0.05) is 66.7 Å². The molecule has 0 bridgehead atoms. The topological polar surface area (TPSA) is 74.5 Å². The standard InChI is InChI=1S/C35H35N3O4/c1-5-41-30-18-17-28-27(19-24-20-31(39-3)35(42-6-2)32(21-24)40-4)22-36-23-29(28)34(30)38-37-33(25-13-9-7-10-14-25)26-15-11-8-12-16-26/h7-18,20-23,33H,5-6,19H2,1-4H3. The number of benzene rings is 4. The van der Waals surface area contributed by atoms with Gasteiger partial charge in [0.25, 0.3) is 0 Å². The first-order valence-electron chi connectivity index (χ1n) is 14.1. The molecule has 1 heterocycles. The number of ether oxygens (including phenoxy) is 4. The van der Waals surface area contributed by atoms with Crippen molar-refractivity contribution in [2.45, 2.75) is 26.3 Å². The van der Waals surface area contributed by atoms with Crippen molar-refractivity contribution < 1.29 is 18.9 Å². The molecular weight excluding hydrogens is 526 g/mol. The van der Waals surface area contributed by atoms with Gasteiger partial charge in [-0.3, -0.25) is 4.98 Å². The Hall–Kier alpha value is -4.91. The summed E-state index contributed by atoms with van der Waals surface area (Å²) < 4.78 is 23.1. The minimum absolute atomic E-state index is 0.267. The Balaban J connectivity index is 1.59. The number of azo groups is 1. The lowest BCUT2D eigenvalue weighted by Crippen LogP contribution is -2.01. The summed E-state index contributed by atoms with van der Waals surface area (Å²) in [4.78, 5) is 4.60. The van der Waals surface area contributed by atoms with E-state index in [1.807, 2.05) is 80.8 Å². The molecule has 1 aromatic heterocycles. The minimum Gasteiger partial charge on any atom is -0.493 e. The van der Waals surface area contributed by atoms with E-state index in [9.17, 15) is 0 Å². The van der Waals surface area contributed by atoms with Crippen LogP contribution in [0.25, 0.3) is 10.8 Å². The van der Waals surface area contributed by atoms with Crippen molar-refractivity contribution in [1.29, 1.82) is 0 Å². The second kappa shape index (κ2) is 13.6. The predicted molar refractivity (Wildman–Crippen MR) is 166 cm³/mol. The largest absolute Gasteiger partial charge is 0.493 e. The zero-order chi connectivity index (χ0) is 29.3. The molecule has 0 aliphatic heterocycles. The van der Waals surface area contributed by atoms with Crippen LogP contribution in [-0.2, 0) is 6.42 Å². The molecule has 0 aliphatic carbocycles. The molecule has 0 saturated heterocycles. The average Bonchev–Trinajstić information content (AvgIpc) is 3.03. The van der Waals surface area contributed by atoms with Crippen LogP contribution in [0.3, 0.4) is 0 Å². The van der Waals surface area contributed by atoms with E-state index in [2.05, 4.69) is 35.3 Å². The Morgan fingerprint density at radius 2 is 1.31 bits per heavy atom. The molecule has 42 heavy (non-hydrogen) atoms. The van der Waals surface area contributed by atoms with Crippen LogP contribution in [0.2, 0.25) is 0 Å². The van der Waals surface area contributed by atoms with Crippen molar-refractivity contribution in [2.24, 2.45) is 10.2 Å². The van der Waals surface area contributed by atoms with E-state index in [0.29, 0.717) is 48.3 Å². The molecular formula is C35H35N3O4. The number of aromatic nitrogens is 1. The summed E-state index contributed by atoms with van der Waals surface area (Å²) in [6, 6.07) is 28.1. The van der Waals surface area contributed by atoms with Gasteiger partial charge in [0.05, 0.1) is 27.4 Å². The van der Waals surface area contributed by atoms with Crippen molar-refractivity contribution in [2.75, 3.05) is 27.4 Å². The van der Waals surface area contributed by atoms with Gasteiger partial charge in [0, 0.05) is 17.8 Å². The van der Waals surface area contributed by atoms with Crippen molar-refractivity contribution in [1.82, 2.24) is 4.98 Å². The van der Waals surface area contributed by atoms with Gasteiger partial charge in [0.2, 0.25) is 5.75 Å². The summed E-state index contributed by atoms with van der Waals surface area (Å²) in [6.45, 7) is 4.91. The van der Waals surface area contributed by atoms with Gasteiger partial charge in [-0.15, -0.1) is 0 Å². The highest BCUT2D eigenvalue weighted by molar-refractivity contribution is 5.96. The maximum absolute atomic E-state index is 6.02. The molecule has 7 heteroatoms. The lowest BCUT2D eigenvalue weighted by molar-refractivity contribution is 0.288. The molecule has 0 amide bonds. The first-order valence-corrected chi connectivity index (χ1v) is 14.1. The number of hydrogen-bond acceptors (Lipinski definition) is 7. The fourth-order valence-electron chi connectivity index (χ4n) is 5.04. The lowest BCUT2D eigenvalue weighted by atomic mass is 9.99. The Bertz CT molecular complexity index is 1590. The third-order valence-corrected chi connectivity index (χ3v) is 6.97. The highest BCUT2D eigenvalue weighted by Gasteiger charge is 2.18. The molecule has 0 radical (unpaired) electrons. The Morgan fingerprint density at radius 1 is 0.690 bits per heavy atom. The zero-order valence-corrected chi connectivity index (χ0v) is 24.4. The van der Waals surface area contributed by atoms with E-state index in [1.165, 1.54) is 0 Å². The SMILES string of the molecule is CCOc1ccc2c(Cc3cc(OC)c(OCC)c(OC)c3)cncc2c1N=NC(c1ccccc1)c1ccccc1. The molecule has 0 aliphatic rings. The van der Waals surface area contributed by atoms with Gasteiger partial charge in [-0.2, -0.15) is 10.2 Å². The fraction of sp³-hybridized carbons (Fsp3) is 0.229. The summed E-state index contributed by atoms with van der Waals surface area (Å²) in [6.07, 6.45) is 4.32. The van der Waals surface area contributed by atoms with Crippen molar-refractivity contribution >= 4 is 16.5 Å². The molecule has 0 atom stereocenters. The minimum atomic E-state index is -0.267. The van der Waals surface area contributed by atoms with Crippen LogP contribution in [0.5, 0.6) is 23.0 Å². The van der Waals surface area contributed by atoms with Crippen LogP contribution in [0.4, 0.5) is 5.69 Å². The summed E-state index contributed by atoms with van der Waals surface area (Å²) in [7, 11) is 3.26. The Labute approximate surface area is 246 Å². The van der Waals surface area contributed by atoms with E-state index >= 15 is 0 Å². The van der Waals surface area contributed by atoms with Crippen molar-refractivity contribution in [3.05, 3.63) is 120 Å².